The molecule has 4 amide bonds. The van der Waals surface area contributed by atoms with Crippen LogP contribution < -0.4 is 10.2 Å². The quantitative estimate of drug-likeness (QED) is 0.650. The summed E-state index contributed by atoms with van der Waals surface area (Å²) in [4.78, 5) is 41.2. The molecular formula is C20H17F2N3O3. The lowest BCUT2D eigenvalue weighted by Gasteiger charge is -2.22. The van der Waals surface area contributed by atoms with Gasteiger partial charge in [0.15, 0.2) is 11.6 Å². The number of para-hydroxylation sites is 1. The summed E-state index contributed by atoms with van der Waals surface area (Å²) in [7, 11) is 0. The predicted molar refractivity (Wildman–Crippen MR) is 96.2 cm³/mol. The van der Waals surface area contributed by atoms with Gasteiger partial charge in [-0.15, -0.1) is 0 Å². The fraction of sp³-hybridized carbons (Fsp3) is 0.250. The molecule has 1 unspecified atom stereocenters. The molecule has 2 aromatic carbocycles. The molecule has 1 saturated heterocycles. The zero-order chi connectivity index (χ0) is 20.1. The molecule has 6 nitrogen and oxygen atoms in total. The Labute approximate surface area is 159 Å². The summed E-state index contributed by atoms with van der Waals surface area (Å²) in [5, 5.41) is 2.57. The van der Waals surface area contributed by atoms with Crippen molar-refractivity contribution in [3.63, 3.8) is 0 Å². The molecule has 1 atom stereocenters. The summed E-state index contributed by atoms with van der Waals surface area (Å²) < 4.78 is 26.8. The van der Waals surface area contributed by atoms with Gasteiger partial charge in [0.25, 0.3) is 11.8 Å². The first kappa shape index (κ1) is 18.1. The molecule has 0 saturated carbocycles. The van der Waals surface area contributed by atoms with Crippen molar-refractivity contribution in [3.8, 4) is 0 Å². The summed E-state index contributed by atoms with van der Waals surface area (Å²) in [5.41, 5.74) is -0.633. The number of anilines is 1. The van der Waals surface area contributed by atoms with E-state index in [1.807, 2.05) is 6.92 Å². The minimum Gasteiger partial charge on any atom is -0.311 e. The predicted octanol–water partition coefficient (Wildman–Crippen LogP) is 2.67. The molecule has 144 valence electrons. The van der Waals surface area contributed by atoms with Crippen molar-refractivity contribution >= 4 is 23.5 Å². The highest BCUT2D eigenvalue weighted by Crippen LogP contribution is 2.44. The van der Waals surface area contributed by atoms with Gasteiger partial charge in [0.05, 0.1) is 12.2 Å². The second-order valence-electron chi connectivity index (χ2n) is 6.79. The van der Waals surface area contributed by atoms with Crippen LogP contribution in [0.1, 0.15) is 24.5 Å². The van der Waals surface area contributed by atoms with Gasteiger partial charge in [0, 0.05) is 12.1 Å². The lowest BCUT2D eigenvalue weighted by Crippen LogP contribution is -2.52. The van der Waals surface area contributed by atoms with Gasteiger partial charge in [-0.3, -0.25) is 14.5 Å². The first-order valence-corrected chi connectivity index (χ1v) is 8.89. The third-order valence-electron chi connectivity index (χ3n) is 5.04. The van der Waals surface area contributed by atoms with E-state index >= 15 is 0 Å². The Morgan fingerprint density at radius 2 is 1.68 bits per heavy atom. The minimum atomic E-state index is -1.82. The summed E-state index contributed by atoms with van der Waals surface area (Å²) in [6.07, 6.45) is 0.559. The van der Waals surface area contributed by atoms with E-state index in [1.54, 1.807) is 24.3 Å². The average molecular weight is 385 g/mol. The fourth-order valence-electron chi connectivity index (χ4n) is 3.76. The molecule has 0 radical (unpaired) electrons. The van der Waals surface area contributed by atoms with E-state index in [9.17, 15) is 23.2 Å². The van der Waals surface area contributed by atoms with E-state index in [4.69, 9.17) is 0 Å². The lowest BCUT2D eigenvalue weighted by atomic mass is 9.91. The van der Waals surface area contributed by atoms with E-state index in [0.29, 0.717) is 23.2 Å². The molecule has 0 aliphatic carbocycles. The number of fused-ring (bicyclic) bond motifs is 2. The van der Waals surface area contributed by atoms with Gasteiger partial charge in [-0.25, -0.2) is 13.6 Å². The summed E-state index contributed by atoms with van der Waals surface area (Å²) in [6, 6.07) is 9.40. The number of carbonyl (C=O) groups excluding carboxylic acids is 3. The highest BCUT2D eigenvalue weighted by molar-refractivity contribution is 6.27. The highest BCUT2D eigenvalue weighted by Gasteiger charge is 2.63. The number of urea groups is 1. The van der Waals surface area contributed by atoms with Crippen molar-refractivity contribution in [1.82, 2.24) is 10.2 Å². The maximum absolute atomic E-state index is 13.6. The lowest BCUT2D eigenvalue weighted by molar-refractivity contribution is -0.138. The summed E-state index contributed by atoms with van der Waals surface area (Å²) in [5.74, 6) is -3.24. The first-order chi connectivity index (χ1) is 13.4. The van der Waals surface area contributed by atoms with Gasteiger partial charge in [0.1, 0.15) is 0 Å². The van der Waals surface area contributed by atoms with E-state index in [2.05, 4.69) is 5.32 Å². The van der Waals surface area contributed by atoms with Gasteiger partial charge in [-0.05, 0) is 30.2 Å². The molecule has 2 heterocycles. The number of nitrogens with one attached hydrogen (secondary N) is 1. The summed E-state index contributed by atoms with van der Waals surface area (Å²) >= 11 is 0. The van der Waals surface area contributed by atoms with Crippen LogP contribution in [-0.2, 0) is 21.7 Å². The number of amides is 4. The van der Waals surface area contributed by atoms with E-state index in [-0.39, 0.29) is 13.1 Å². The van der Waals surface area contributed by atoms with Gasteiger partial charge >= 0.3 is 6.03 Å². The van der Waals surface area contributed by atoms with Gasteiger partial charge in [0.2, 0.25) is 5.54 Å². The number of hydrogen-bond acceptors (Lipinski definition) is 3. The van der Waals surface area contributed by atoms with Crippen LogP contribution in [0, 0.1) is 11.6 Å². The van der Waals surface area contributed by atoms with Gasteiger partial charge in [-0.1, -0.05) is 31.2 Å². The molecule has 4 rings (SSSR count). The Kier molecular flexibility index (Phi) is 4.14. The largest absolute Gasteiger partial charge is 0.325 e. The number of rotatable bonds is 4. The van der Waals surface area contributed by atoms with Crippen LogP contribution in [0.3, 0.4) is 0 Å². The van der Waals surface area contributed by atoms with Crippen LogP contribution in [-0.4, -0.2) is 29.3 Å². The molecule has 1 fully saturated rings. The minimum absolute atomic E-state index is 0.0638. The van der Waals surface area contributed by atoms with Crippen LogP contribution in [0.5, 0.6) is 0 Å². The number of imide groups is 1. The van der Waals surface area contributed by atoms with Crippen LogP contribution >= 0.6 is 0 Å². The monoisotopic (exact) mass is 385 g/mol. The van der Waals surface area contributed by atoms with Crippen molar-refractivity contribution in [2.75, 3.05) is 11.4 Å². The molecule has 0 aromatic heterocycles. The van der Waals surface area contributed by atoms with Crippen LogP contribution in [0.25, 0.3) is 0 Å². The number of hydrogen-bond donors (Lipinski definition) is 1. The van der Waals surface area contributed by atoms with Gasteiger partial charge < -0.3 is 10.2 Å². The van der Waals surface area contributed by atoms with Crippen LogP contribution in [0.4, 0.5) is 19.3 Å². The number of carbonyl (C=O) groups is 3. The Bertz CT molecular complexity index is 1010. The maximum Gasteiger partial charge on any atom is 0.325 e. The third-order valence-corrected chi connectivity index (χ3v) is 5.04. The number of benzene rings is 2. The van der Waals surface area contributed by atoms with E-state index in [0.717, 1.165) is 17.0 Å². The Morgan fingerprint density at radius 1 is 0.964 bits per heavy atom. The van der Waals surface area contributed by atoms with Crippen molar-refractivity contribution < 1.29 is 23.2 Å². The normalized spacial score (nSPS) is 20.9. The molecule has 2 aliphatic heterocycles. The third kappa shape index (κ3) is 2.41. The van der Waals surface area contributed by atoms with Crippen LogP contribution in [0.15, 0.2) is 42.5 Å². The molecule has 0 bridgehead atoms. The average Bonchev–Trinajstić information content (AvgIpc) is 3.07. The number of nitrogens with zero attached hydrogens (tertiary/aromatic N) is 2. The smallest absolute Gasteiger partial charge is 0.311 e. The van der Waals surface area contributed by atoms with Crippen molar-refractivity contribution in [1.29, 1.82) is 0 Å². The number of halogens is 2. The first-order valence-electron chi connectivity index (χ1n) is 8.89. The van der Waals surface area contributed by atoms with E-state index < -0.39 is 35.0 Å². The van der Waals surface area contributed by atoms with E-state index in [1.165, 1.54) is 11.0 Å². The topological polar surface area (TPSA) is 69.7 Å². The Morgan fingerprint density at radius 3 is 2.39 bits per heavy atom. The second kappa shape index (κ2) is 6.40. The molecule has 1 N–H and O–H groups in total. The standard InChI is InChI=1S/C20H17F2N3O3/c1-2-9-24-17(26)20(23-19(24)28)13-5-3-4-6-16(13)25(18(20)27)11-12-7-8-14(21)15(22)10-12/h3-8,10H,2,9,11H2,1H3,(H,23,28). The molecule has 28 heavy (non-hydrogen) atoms. The second-order valence-corrected chi connectivity index (χ2v) is 6.79. The molecule has 2 aromatic rings. The highest BCUT2D eigenvalue weighted by atomic mass is 19.2. The van der Waals surface area contributed by atoms with Crippen molar-refractivity contribution in [2.24, 2.45) is 0 Å². The van der Waals surface area contributed by atoms with Gasteiger partial charge in [-0.2, -0.15) is 0 Å². The molecular weight excluding hydrogens is 368 g/mol. The fourth-order valence-corrected chi connectivity index (χ4v) is 3.76. The SMILES string of the molecule is CCCN1C(=O)NC2(C1=O)C(=O)N(Cc1ccc(F)c(F)c1)c1ccccc12. The maximum atomic E-state index is 13.6. The van der Waals surface area contributed by atoms with Crippen molar-refractivity contribution in [2.45, 2.75) is 25.4 Å². The Balaban J connectivity index is 1.78. The Hall–Kier alpha value is -3.29. The van der Waals surface area contributed by atoms with Crippen LogP contribution in [0.2, 0.25) is 0 Å². The molecule has 2 aliphatic rings. The molecule has 1 spiro atoms. The van der Waals surface area contributed by atoms with Crippen molar-refractivity contribution in [3.05, 3.63) is 65.2 Å². The summed E-state index contributed by atoms with van der Waals surface area (Å²) in [6.45, 7) is 1.96. The zero-order valence-corrected chi connectivity index (χ0v) is 15.0. The zero-order valence-electron chi connectivity index (χ0n) is 15.0. The molecule has 8 heteroatoms.